The third-order valence-corrected chi connectivity index (χ3v) is 8.21. The zero-order valence-corrected chi connectivity index (χ0v) is 20.1. The fourth-order valence-corrected chi connectivity index (χ4v) is 5.75. The lowest BCUT2D eigenvalue weighted by molar-refractivity contribution is -0.123. The van der Waals surface area contributed by atoms with Gasteiger partial charge in [0.15, 0.2) is 0 Å². The zero-order chi connectivity index (χ0) is 23.1. The molecular formula is C27H43N3O2. The van der Waals surface area contributed by atoms with Crippen molar-refractivity contribution in [2.75, 3.05) is 32.7 Å². The van der Waals surface area contributed by atoms with Gasteiger partial charge in [-0.1, -0.05) is 37.3 Å². The van der Waals surface area contributed by atoms with Crippen molar-refractivity contribution in [3.8, 4) is 0 Å². The number of hydrogen-bond acceptors (Lipinski definition) is 3. The summed E-state index contributed by atoms with van der Waals surface area (Å²) in [6, 6.07) is 0. The Morgan fingerprint density at radius 2 is 1.72 bits per heavy atom. The quantitative estimate of drug-likeness (QED) is 0.599. The van der Waals surface area contributed by atoms with Gasteiger partial charge in [-0.15, -0.1) is 6.58 Å². The summed E-state index contributed by atoms with van der Waals surface area (Å²) in [7, 11) is 0. The number of carbonyl (C=O) groups excluding carboxylic acids is 2. The molecule has 4 bridgehead atoms. The summed E-state index contributed by atoms with van der Waals surface area (Å²) in [5, 5.41) is 6.01. The number of allylic oxidation sites excluding steroid dienone is 1. The molecule has 0 spiro atoms. The molecule has 2 N–H and O–H groups in total. The zero-order valence-electron chi connectivity index (χ0n) is 20.1. The van der Waals surface area contributed by atoms with Crippen LogP contribution in [0.5, 0.6) is 0 Å². The molecule has 5 heteroatoms. The summed E-state index contributed by atoms with van der Waals surface area (Å²) in [6.45, 7) is 19.6. The first-order chi connectivity index (χ1) is 15.3. The summed E-state index contributed by atoms with van der Waals surface area (Å²) in [6.07, 6.45) is 10.3. The Bertz CT molecular complexity index is 722. The first kappa shape index (κ1) is 24.8. The molecule has 3 aliphatic heterocycles. The standard InChI is InChI=1S/C27H43N3O2/c1-5-27(4)13-10-23-17-24(27)21(3)19-30-15-11-22(12-16-30)8-9-26(32)28-14-6-7-25(31)29-18-20(23)2/h5,22-24H,1-3,6-19H2,4H3,(H,28,32)(H,29,31)/t23-,24+,27-/m1/s1. The van der Waals surface area contributed by atoms with Crippen LogP contribution in [-0.2, 0) is 9.59 Å². The van der Waals surface area contributed by atoms with E-state index in [2.05, 4.69) is 48.3 Å². The molecule has 0 unspecified atom stereocenters. The van der Waals surface area contributed by atoms with Crippen molar-refractivity contribution in [2.45, 2.75) is 64.7 Å². The van der Waals surface area contributed by atoms with Crippen molar-refractivity contribution in [2.24, 2.45) is 23.2 Å². The van der Waals surface area contributed by atoms with Crippen LogP contribution in [0.3, 0.4) is 0 Å². The Balaban J connectivity index is 1.69. The van der Waals surface area contributed by atoms with Crippen molar-refractivity contribution < 1.29 is 9.59 Å². The van der Waals surface area contributed by atoms with Crippen LogP contribution < -0.4 is 10.6 Å². The van der Waals surface area contributed by atoms with Crippen LogP contribution in [0.2, 0.25) is 0 Å². The number of piperidine rings is 1. The van der Waals surface area contributed by atoms with Gasteiger partial charge < -0.3 is 10.6 Å². The van der Waals surface area contributed by atoms with E-state index in [1.807, 2.05) is 0 Å². The van der Waals surface area contributed by atoms with E-state index in [4.69, 9.17) is 0 Å². The maximum absolute atomic E-state index is 12.3. The molecular weight excluding hydrogens is 398 g/mol. The second-order valence-electron chi connectivity index (χ2n) is 10.5. The highest BCUT2D eigenvalue weighted by molar-refractivity contribution is 5.77. The van der Waals surface area contributed by atoms with Gasteiger partial charge in [0.2, 0.25) is 11.8 Å². The second kappa shape index (κ2) is 11.3. The summed E-state index contributed by atoms with van der Waals surface area (Å²) >= 11 is 0. The Labute approximate surface area is 194 Å². The monoisotopic (exact) mass is 441 g/mol. The smallest absolute Gasteiger partial charge is 0.220 e. The van der Waals surface area contributed by atoms with Crippen LogP contribution in [0.25, 0.3) is 0 Å². The molecule has 5 nitrogen and oxygen atoms in total. The highest BCUT2D eigenvalue weighted by atomic mass is 16.2. The van der Waals surface area contributed by atoms with E-state index in [-0.39, 0.29) is 17.2 Å². The number of fused-ring (bicyclic) bond motifs is 13. The topological polar surface area (TPSA) is 61.4 Å². The average Bonchev–Trinajstić information content (AvgIpc) is 2.79. The van der Waals surface area contributed by atoms with Crippen molar-refractivity contribution >= 4 is 11.8 Å². The largest absolute Gasteiger partial charge is 0.356 e. The van der Waals surface area contributed by atoms with E-state index >= 15 is 0 Å². The molecule has 3 atom stereocenters. The SMILES string of the molecule is C=C[C@]1(C)CC[C@@H]2C[C@H]1C(=C)CN1CCC(CCC(=O)NCCCC(=O)NCC2=C)CC1. The number of carbonyl (C=O) groups is 2. The van der Waals surface area contributed by atoms with Crippen molar-refractivity contribution in [1.29, 1.82) is 0 Å². The molecule has 4 rings (SSSR count). The molecule has 0 aromatic rings. The molecule has 32 heavy (non-hydrogen) atoms. The average molecular weight is 442 g/mol. The maximum Gasteiger partial charge on any atom is 0.220 e. The lowest BCUT2D eigenvalue weighted by Gasteiger charge is -2.45. The minimum atomic E-state index is 0.0348. The predicted molar refractivity (Wildman–Crippen MR) is 131 cm³/mol. The van der Waals surface area contributed by atoms with Crippen LogP contribution in [0.1, 0.15) is 64.7 Å². The lowest BCUT2D eigenvalue weighted by atomic mass is 9.61. The molecule has 4 fully saturated rings. The van der Waals surface area contributed by atoms with Gasteiger partial charge in [-0.2, -0.15) is 0 Å². The summed E-state index contributed by atoms with van der Waals surface area (Å²) in [5.41, 5.74) is 2.49. The van der Waals surface area contributed by atoms with Gasteiger partial charge in [-0.3, -0.25) is 14.5 Å². The van der Waals surface area contributed by atoms with Crippen molar-refractivity contribution in [1.82, 2.24) is 15.5 Å². The van der Waals surface area contributed by atoms with E-state index in [9.17, 15) is 9.59 Å². The molecule has 0 aromatic heterocycles. The van der Waals surface area contributed by atoms with Gasteiger partial charge in [-0.25, -0.2) is 0 Å². The van der Waals surface area contributed by atoms with E-state index in [0.29, 0.717) is 50.1 Å². The van der Waals surface area contributed by atoms with Crippen LogP contribution in [0.15, 0.2) is 37.0 Å². The fraction of sp³-hybridized carbons (Fsp3) is 0.704. The Morgan fingerprint density at radius 3 is 2.44 bits per heavy atom. The first-order valence-electron chi connectivity index (χ1n) is 12.6. The molecule has 1 saturated carbocycles. The molecule has 4 aliphatic rings. The third kappa shape index (κ3) is 6.57. The highest BCUT2D eigenvalue weighted by Gasteiger charge is 2.40. The van der Waals surface area contributed by atoms with E-state index in [1.54, 1.807) is 0 Å². The van der Waals surface area contributed by atoms with Crippen molar-refractivity contribution in [3.63, 3.8) is 0 Å². The van der Waals surface area contributed by atoms with Gasteiger partial charge in [0.05, 0.1) is 0 Å². The van der Waals surface area contributed by atoms with Gasteiger partial charge in [0.25, 0.3) is 0 Å². The van der Waals surface area contributed by atoms with Crippen LogP contribution in [0.4, 0.5) is 0 Å². The normalized spacial score (nSPS) is 36.2. The van der Waals surface area contributed by atoms with Gasteiger partial charge >= 0.3 is 0 Å². The lowest BCUT2D eigenvalue weighted by Crippen LogP contribution is -2.41. The fourth-order valence-electron chi connectivity index (χ4n) is 5.75. The number of nitrogens with zero attached hydrogens (tertiary/aromatic N) is 1. The molecule has 1 aliphatic carbocycles. The number of nitrogens with one attached hydrogen (secondary N) is 2. The Kier molecular flexibility index (Phi) is 8.75. The van der Waals surface area contributed by atoms with Crippen molar-refractivity contribution in [3.05, 3.63) is 37.0 Å². The maximum atomic E-state index is 12.3. The Morgan fingerprint density at radius 1 is 1.00 bits per heavy atom. The number of hydrogen-bond donors (Lipinski definition) is 2. The first-order valence-corrected chi connectivity index (χ1v) is 12.6. The molecule has 178 valence electrons. The molecule has 3 saturated heterocycles. The van der Waals surface area contributed by atoms with E-state index in [1.165, 1.54) is 5.57 Å². The van der Waals surface area contributed by atoms with Crippen LogP contribution in [-0.4, -0.2) is 49.4 Å². The van der Waals surface area contributed by atoms with E-state index < -0.39 is 0 Å². The van der Waals surface area contributed by atoms with Gasteiger partial charge in [0, 0.05) is 32.5 Å². The third-order valence-electron chi connectivity index (χ3n) is 8.21. The molecule has 3 heterocycles. The molecule has 0 aromatic carbocycles. The minimum Gasteiger partial charge on any atom is -0.356 e. The van der Waals surface area contributed by atoms with E-state index in [0.717, 1.165) is 63.7 Å². The summed E-state index contributed by atoms with van der Waals surface area (Å²) in [4.78, 5) is 26.9. The van der Waals surface area contributed by atoms with Gasteiger partial charge in [-0.05, 0) is 81.2 Å². The molecule has 0 radical (unpaired) electrons. The van der Waals surface area contributed by atoms with Crippen LogP contribution >= 0.6 is 0 Å². The number of rotatable bonds is 1. The predicted octanol–water partition coefficient (Wildman–Crippen LogP) is 4.23. The van der Waals surface area contributed by atoms with Gasteiger partial charge in [0.1, 0.15) is 0 Å². The summed E-state index contributed by atoms with van der Waals surface area (Å²) in [5.74, 6) is 1.56. The highest BCUT2D eigenvalue weighted by Crippen LogP contribution is 2.49. The number of amides is 2. The minimum absolute atomic E-state index is 0.0348. The Hall–Kier alpha value is -1.88. The molecule has 2 amide bonds. The van der Waals surface area contributed by atoms with Crippen LogP contribution in [0, 0.1) is 23.2 Å². The summed E-state index contributed by atoms with van der Waals surface area (Å²) < 4.78 is 0. The second-order valence-corrected chi connectivity index (χ2v) is 10.5.